The largest absolute Gasteiger partial charge is 0.508 e. The van der Waals surface area contributed by atoms with E-state index < -0.39 is 28.9 Å². The fourth-order valence-electron chi connectivity index (χ4n) is 5.97. The number of fused-ring (bicyclic) bond motifs is 3. The Kier molecular flexibility index (Phi) is 5.45. The molecule has 1 unspecified atom stereocenters. The Labute approximate surface area is 217 Å². The lowest BCUT2D eigenvalue weighted by atomic mass is 9.73. The molecule has 0 spiro atoms. The maximum atomic E-state index is 16.1. The van der Waals surface area contributed by atoms with Crippen LogP contribution in [0.1, 0.15) is 31.2 Å². The standard InChI is InChI=1S/C27H22BF2N5O3/c1-2-16-19(29)6-5-14-11-15(36)12-17(20(14)16)22-21(30)23-18(13-32-22)24(31)34-25(33-23)38-27(28,37)26-7-3-9-35(26)10-4-8-26/h1,5-6,11-13,36-37H,3-4,7-10H2,(H2,31,33,34). The van der Waals surface area contributed by atoms with Gasteiger partial charge in [-0.25, -0.2) is 8.78 Å². The third kappa shape index (κ3) is 3.48. The highest BCUT2D eigenvalue weighted by Crippen LogP contribution is 2.46. The van der Waals surface area contributed by atoms with Crippen LogP contribution in [0.15, 0.2) is 30.5 Å². The second-order valence-corrected chi connectivity index (χ2v) is 9.76. The van der Waals surface area contributed by atoms with Crippen molar-refractivity contribution in [3.8, 4) is 35.4 Å². The number of ether oxygens (including phenoxy) is 1. The van der Waals surface area contributed by atoms with Gasteiger partial charge in [0.15, 0.2) is 19.3 Å². The van der Waals surface area contributed by atoms with E-state index in [0.717, 1.165) is 25.9 Å². The lowest BCUT2D eigenvalue weighted by molar-refractivity contribution is -0.154. The van der Waals surface area contributed by atoms with Crippen molar-refractivity contribution in [2.24, 2.45) is 0 Å². The Balaban J connectivity index is 1.51. The number of aromatic nitrogens is 3. The average Bonchev–Trinajstić information content (AvgIpc) is 3.47. The molecule has 2 aromatic carbocycles. The summed E-state index contributed by atoms with van der Waals surface area (Å²) in [5.41, 5.74) is 2.59. The van der Waals surface area contributed by atoms with Crippen LogP contribution in [-0.4, -0.2) is 62.2 Å². The molecule has 0 saturated carbocycles. The summed E-state index contributed by atoms with van der Waals surface area (Å²) in [5, 5.41) is 22.2. The second-order valence-electron chi connectivity index (χ2n) is 9.76. The summed E-state index contributed by atoms with van der Waals surface area (Å²) in [6.07, 6.45) is 9.79. The van der Waals surface area contributed by atoms with Gasteiger partial charge in [0.25, 0.3) is 0 Å². The zero-order chi connectivity index (χ0) is 26.8. The molecule has 4 N–H and O–H groups in total. The normalized spacial score (nSPS) is 18.4. The minimum Gasteiger partial charge on any atom is -0.508 e. The molecule has 1 atom stereocenters. The van der Waals surface area contributed by atoms with Gasteiger partial charge in [-0.15, -0.1) is 6.42 Å². The van der Waals surface area contributed by atoms with Crippen molar-refractivity contribution in [2.75, 3.05) is 18.8 Å². The molecular formula is C27H22BF2N5O3. The van der Waals surface area contributed by atoms with E-state index >= 15 is 4.39 Å². The smallest absolute Gasteiger partial charge is 0.321 e. The van der Waals surface area contributed by atoms with E-state index in [-0.39, 0.29) is 44.7 Å². The highest BCUT2D eigenvalue weighted by Gasteiger charge is 2.57. The summed E-state index contributed by atoms with van der Waals surface area (Å²) in [7, 11) is 6.29. The van der Waals surface area contributed by atoms with Gasteiger partial charge in [-0.3, -0.25) is 9.88 Å². The summed E-state index contributed by atoms with van der Waals surface area (Å²) in [5.74, 6) is 0.359. The van der Waals surface area contributed by atoms with Gasteiger partial charge >= 0.3 is 6.01 Å². The number of benzene rings is 2. The van der Waals surface area contributed by atoms with Crippen molar-refractivity contribution in [1.29, 1.82) is 0 Å². The molecule has 2 saturated heterocycles. The van der Waals surface area contributed by atoms with Crippen molar-refractivity contribution in [3.05, 3.63) is 47.7 Å². The van der Waals surface area contributed by atoms with Crippen molar-refractivity contribution < 1.29 is 23.7 Å². The van der Waals surface area contributed by atoms with Crippen LogP contribution in [0.25, 0.3) is 32.9 Å². The molecule has 0 amide bonds. The number of hydrogen-bond acceptors (Lipinski definition) is 8. The Bertz CT molecular complexity index is 1660. The number of rotatable bonds is 4. The third-order valence-corrected chi connectivity index (χ3v) is 7.70. The summed E-state index contributed by atoms with van der Waals surface area (Å²) in [4.78, 5) is 14.5. The zero-order valence-corrected chi connectivity index (χ0v) is 20.2. The highest BCUT2D eigenvalue weighted by atomic mass is 19.1. The van der Waals surface area contributed by atoms with Gasteiger partial charge < -0.3 is 20.7 Å². The van der Waals surface area contributed by atoms with Crippen molar-refractivity contribution in [1.82, 2.24) is 19.9 Å². The lowest BCUT2D eigenvalue weighted by Crippen LogP contribution is -2.62. The summed E-state index contributed by atoms with van der Waals surface area (Å²) >= 11 is 0. The molecule has 190 valence electrons. The van der Waals surface area contributed by atoms with Crippen LogP contribution >= 0.6 is 0 Å². The topological polar surface area (TPSA) is 118 Å². The van der Waals surface area contributed by atoms with Crippen LogP contribution in [0.4, 0.5) is 14.6 Å². The monoisotopic (exact) mass is 513 g/mol. The Hall–Kier alpha value is -4.01. The number of aromatic hydroxyl groups is 1. The molecule has 2 radical (unpaired) electrons. The second kappa shape index (κ2) is 8.51. The van der Waals surface area contributed by atoms with E-state index in [1.807, 2.05) is 0 Å². The molecule has 0 bridgehead atoms. The Morgan fingerprint density at radius 1 is 1.18 bits per heavy atom. The highest BCUT2D eigenvalue weighted by molar-refractivity contribution is 6.14. The predicted molar refractivity (Wildman–Crippen MR) is 138 cm³/mol. The fourth-order valence-corrected chi connectivity index (χ4v) is 5.97. The lowest BCUT2D eigenvalue weighted by Gasteiger charge is -2.44. The van der Waals surface area contributed by atoms with Gasteiger partial charge in [0.2, 0.25) is 0 Å². The number of nitrogens with zero attached hydrogens (tertiary/aromatic N) is 4. The maximum absolute atomic E-state index is 16.1. The van der Waals surface area contributed by atoms with Gasteiger partial charge in [0.1, 0.15) is 28.6 Å². The molecule has 2 aliphatic rings. The van der Waals surface area contributed by atoms with Crippen LogP contribution in [-0.2, 0) is 0 Å². The first-order valence-corrected chi connectivity index (χ1v) is 12.1. The number of phenolic OH excluding ortho intramolecular Hbond substituents is 1. The maximum Gasteiger partial charge on any atom is 0.321 e. The van der Waals surface area contributed by atoms with Crippen LogP contribution in [0.3, 0.4) is 0 Å². The van der Waals surface area contributed by atoms with E-state index in [0.29, 0.717) is 18.2 Å². The Morgan fingerprint density at radius 3 is 2.63 bits per heavy atom. The molecular weight excluding hydrogens is 491 g/mol. The van der Waals surface area contributed by atoms with E-state index in [4.69, 9.17) is 24.7 Å². The summed E-state index contributed by atoms with van der Waals surface area (Å²) < 4.78 is 36.3. The minimum absolute atomic E-state index is 0.0632. The number of pyridine rings is 1. The molecule has 4 aromatic rings. The number of nitrogens with two attached hydrogens (primary N) is 1. The molecule has 2 aliphatic heterocycles. The first-order valence-electron chi connectivity index (χ1n) is 12.1. The molecule has 6 rings (SSSR count). The van der Waals surface area contributed by atoms with Gasteiger partial charge in [0.05, 0.1) is 16.5 Å². The van der Waals surface area contributed by atoms with Crippen molar-refractivity contribution in [2.45, 2.75) is 36.9 Å². The molecule has 8 nitrogen and oxygen atoms in total. The molecule has 11 heteroatoms. The van der Waals surface area contributed by atoms with E-state index in [9.17, 15) is 14.6 Å². The number of halogens is 2. The number of hydrogen-bond donors (Lipinski definition) is 3. The molecule has 0 aliphatic carbocycles. The number of phenols is 1. The first kappa shape index (κ1) is 24.3. The zero-order valence-electron chi connectivity index (χ0n) is 20.2. The first-order chi connectivity index (χ1) is 18.1. The van der Waals surface area contributed by atoms with E-state index in [2.05, 4.69) is 25.8 Å². The fraction of sp³-hybridized carbons (Fsp3) is 0.296. The third-order valence-electron chi connectivity index (χ3n) is 7.70. The van der Waals surface area contributed by atoms with Crippen LogP contribution < -0.4 is 10.5 Å². The number of terminal acetylenes is 1. The van der Waals surface area contributed by atoms with Crippen LogP contribution in [0.5, 0.6) is 11.8 Å². The minimum atomic E-state index is -2.15. The van der Waals surface area contributed by atoms with E-state index in [1.54, 1.807) is 0 Å². The molecule has 2 aromatic heterocycles. The van der Waals surface area contributed by atoms with Gasteiger partial charge in [-0.1, -0.05) is 12.0 Å². The average molecular weight is 513 g/mol. The quantitative estimate of drug-likeness (QED) is 0.217. The predicted octanol–water partition coefficient (Wildman–Crippen LogP) is 3.21. The molecule has 2 fully saturated rings. The Morgan fingerprint density at radius 2 is 1.92 bits per heavy atom. The summed E-state index contributed by atoms with van der Waals surface area (Å²) in [6, 6.07) is 4.83. The molecule has 4 heterocycles. The van der Waals surface area contributed by atoms with Crippen LogP contribution in [0, 0.1) is 24.0 Å². The van der Waals surface area contributed by atoms with E-state index in [1.165, 1.54) is 30.5 Å². The van der Waals surface area contributed by atoms with Gasteiger partial charge in [-0.05, 0) is 62.4 Å². The SMILES string of the molecule is [B]C(O)(Oc1nc(N)c2cnc(-c3cc(O)cc4ccc(F)c(C#C)c34)c(F)c2n1)C12CCCN1CCC2. The van der Waals surface area contributed by atoms with Crippen molar-refractivity contribution in [3.63, 3.8) is 0 Å². The van der Waals surface area contributed by atoms with Crippen LogP contribution in [0.2, 0.25) is 0 Å². The number of anilines is 1. The van der Waals surface area contributed by atoms with Crippen molar-refractivity contribution >= 4 is 35.3 Å². The van der Waals surface area contributed by atoms with Gasteiger partial charge in [-0.2, -0.15) is 9.97 Å². The van der Waals surface area contributed by atoms with Gasteiger partial charge in [0, 0.05) is 17.1 Å². The number of nitrogen functional groups attached to an aromatic ring is 1. The summed E-state index contributed by atoms with van der Waals surface area (Å²) in [6.45, 7) is 1.57. The number of aliphatic hydroxyl groups is 1. The molecule has 38 heavy (non-hydrogen) atoms.